The molecule has 0 aliphatic heterocycles. The average molecular weight is 329 g/mol. The number of para-hydroxylation sites is 1. The van der Waals surface area contributed by atoms with Gasteiger partial charge in [0.1, 0.15) is 0 Å². The smallest absolute Gasteiger partial charge is 0.323 e. The predicted molar refractivity (Wildman–Crippen MR) is 88.7 cm³/mol. The van der Waals surface area contributed by atoms with Crippen molar-refractivity contribution in [3.8, 4) is 5.75 Å². The normalized spacial score (nSPS) is 10.7. The van der Waals surface area contributed by atoms with E-state index in [2.05, 4.69) is 15.3 Å². The third-order valence-electron chi connectivity index (χ3n) is 3.44. The van der Waals surface area contributed by atoms with Crippen molar-refractivity contribution in [3.63, 3.8) is 0 Å². The summed E-state index contributed by atoms with van der Waals surface area (Å²) in [4.78, 5) is 28.4. The summed E-state index contributed by atoms with van der Waals surface area (Å²) < 4.78 is 18.7. The van der Waals surface area contributed by atoms with Gasteiger partial charge in [0.15, 0.2) is 11.6 Å². The minimum absolute atomic E-state index is 0.177. The van der Waals surface area contributed by atoms with Crippen molar-refractivity contribution in [2.75, 3.05) is 11.9 Å². The van der Waals surface area contributed by atoms with Gasteiger partial charge in [-0.05, 0) is 36.8 Å². The highest BCUT2D eigenvalue weighted by Gasteiger charge is 2.06. The summed E-state index contributed by atoms with van der Waals surface area (Å²) in [6.07, 6.45) is 0.708. The van der Waals surface area contributed by atoms with Crippen LogP contribution in [-0.4, -0.2) is 22.5 Å². The molecule has 0 aliphatic carbocycles. The molecule has 3 rings (SSSR count). The summed E-state index contributed by atoms with van der Waals surface area (Å²) in [6, 6.07) is 11.2. The fourth-order valence-electron chi connectivity index (χ4n) is 2.31. The number of fused-ring (bicyclic) bond motifs is 1. The maximum Gasteiger partial charge on any atom is 0.323 e. The van der Waals surface area contributed by atoms with Gasteiger partial charge in [-0.1, -0.05) is 12.1 Å². The van der Waals surface area contributed by atoms with Crippen molar-refractivity contribution in [2.24, 2.45) is 0 Å². The Labute approximate surface area is 136 Å². The van der Waals surface area contributed by atoms with E-state index in [0.29, 0.717) is 23.1 Å². The zero-order valence-electron chi connectivity index (χ0n) is 12.8. The predicted octanol–water partition coefficient (Wildman–Crippen LogP) is 2.79. The van der Waals surface area contributed by atoms with Crippen LogP contribution < -0.4 is 15.7 Å². The van der Waals surface area contributed by atoms with Crippen molar-refractivity contribution in [2.45, 2.75) is 12.8 Å². The van der Waals surface area contributed by atoms with Crippen LogP contribution in [0.4, 0.5) is 10.1 Å². The van der Waals surface area contributed by atoms with Gasteiger partial charge in [-0.2, -0.15) is 0 Å². The first-order chi connectivity index (χ1) is 11.6. The molecule has 3 aromatic rings. The van der Waals surface area contributed by atoms with Crippen molar-refractivity contribution in [1.29, 1.82) is 0 Å². The van der Waals surface area contributed by atoms with Crippen molar-refractivity contribution < 1.29 is 13.9 Å². The molecule has 1 aromatic heterocycles. The Morgan fingerprint density at radius 1 is 1.12 bits per heavy atom. The van der Waals surface area contributed by atoms with Gasteiger partial charge < -0.3 is 20.0 Å². The van der Waals surface area contributed by atoms with Gasteiger partial charge in [-0.15, -0.1) is 0 Å². The van der Waals surface area contributed by atoms with Crippen molar-refractivity contribution in [1.82, 2.24) is 9.97 Å². The first-order valence-corrected chi connectivity index (χ1v) is 7.51. The first kappa shape index (κ1) is 15.8. The molecule has 0 fully saturated rings. The minimum atomic E-state index is -0.421. The zero-order chi connectivity index (χ0) is 16.9. The number of imidazole rings is 1. The van der Waals surface area contributed by atoms with Gasteiger partial charge in [0, 0.05) is 12.1 Å². The minimum Gasteiger partial charge on any atom is -0.491 e. The number of hydrogen-bond donors (Lipinski definition) is 3. The lowest BCUT2D eigenvalue weighted by molar-refractivity contribution is -0.116. The van der Waals surface area contributed by atoms with Crippen LogP contribution in [0.25, 0.3) is 11.0 Å². The average Bonchev–Trinajstić information content (AvgIpc) is 2.92. The Morgan fingerprint density at radius 2 is 1.92 bits per heavy atom. The maximum atomic E-state index is 13.4. The lowest BCUT2D eigenvalue weighted by Gasteiger charge is -2.07. The fourth-order valence-corrected chi connectivity index (χ4v) is 2.31. The lowest BCUT2D eigenvalue weighted by Crippen LogP contribution is -2.12. The Morgan fingerprint density at radius 3 is 2.75 bits per heavy atom. The molecule has 0 saturated heterocycles. The molecule has 124 valence electrons. The quantitative estimate of drug-likeness (QED) is 0.608. The van der Waals surface area contributed by atoms with Gasteiger partial charge in [0.05, 0.1) is 17.6 Å². The molecule has 0 radical (unpaired) electrons. The SMILES string of the molecule is O=C(CCCOc1ccccc1F)Nc1ccc2[nH]c(=O)[nH]c2c1. The zero-order valence-corrected chi connectivity index (χ0v) is 12.8. The van der Waals surface area contributed by atoms with Crippen LogP contribution in [0, 0.1) is 5.82 Å². The van der Waals surface area contributed by atoms with Crippen LogP contribution in [0.5, 0.6) is 5.75 Å². The van der Waals surface area contributed by atoms with E-state index >= 15 is 0 Å². The molecule has 0 spiro atoms. The number of ether oxygens (including phenoxy) is 1. The number of H-pyrrole nitrogens is 2. The number of halogens is 1. The largest absolute Gasteiger partial charge is 0.491 e. The number of aromatic amines is 2. The van der Waals surface area contributed by atoms with E-state index in [1.807, 2.05) is 0 Å². The van der Waals surface area contributed by atoms with Crippen LogP contribution in [-0.2, 0) is 4.79 Å². The Bertz CT molecular complexity index is 917. The summed E-state index contributed by atoms with van der Waals surface area (Å²) in [5.41, 5.74) is 1.61. The fraction of sp³-hybridized carbons (Fsp3) is 0.176. The van der Waals surface area contributed by atoms with Gasteiger partial charge in [0.25, 0.3) is 0 Å². The van der Waals surface area contributed by atoms with Gasteiger partial charge in [-0.25, -0.2) is 9.18 Å². The maximum absolute atomic E-state index is 13.4. The highest BCUT2D eigenvalue weighted by Crippen LogP contribution is 2.16. The molecule has 6 nitrogen and oxygen atoms in total. The third kappa shape index (κ3) is 3.81. The molecule has 2 aromatic carbocycles. The Hall–Kier alpha value is -3.09. The number of nitrogens with one attached hydrogen (secondary N) is 3. The second kappa shape index (κ2) is 6.99. The van der Waals surface area contributed by atoms with Crippen LogP contribution >= 0.6 is 0 Å². The molecule has 0 atom stereocenters. The second-order valence-corrected chi connectivity index (χ2v) is 5.27. The lowest BCUT2D eigenvalue weighted by atomic mass is 10.2. The summed E-state index contributed by atoms with van der Waals surface area (Å²) in [6.45, 7) is 0.249. The summed E-state index contributed by atoms with van der Waals surface area (Å²) in [7, 11) is 0. The molecule has 7 heteroatoms. The van der Waals surface area contributed by atoms with Crippen molar-refractivity contribution in [3.05, 3.63) is 58.8 Å². The number of aromatic nitrogens is 2. The molecule has 3 N–H and O–H groups in total. The van der Waals surface area contributed by atoms with E-state index < -0.39 is 5.82 Å². The van der Waals surface area contributed by atoms with E-state index in [4.69, 9.17) is 4.74 Å². The van der Waals surface area contributed by atoms with Gasteiger partial charge in [-0.3, -0.25) is 4.79 Å². The van der Waals surface area contributed by atoms with Crippen LogP contribution in [0.1, 0.15) is 12.8 Å². The molecule has 0 unspecified atom stereocenters. The standard InChI is InChI=1S/C17H16FN3O3/c18-12-4-1-2-5-15(12)24-9-3-6-16(22)19-11-7-8-13-14(10-11)21-17(23)20-13/h1-2,4-5,7-8,10H,3,6,9H2,(H,19,22)(H2,20,21,23). The highest BCUT2D eigenvalue weighted by molar-refractivity contribution is 5.92. The number of anilines is 1. The molecular weight excluding hydrogens is 313 g/mol. The number of carbonyl (C=O) groups is 1. The molecule has 24 heavy (non-hydrogen) atoms. The van der Waals surface area contributed by atoms with E-state index in [1.54, 1.807) is 36.4 Å². The van der Waals surface area contributed by atoms with E-state index in [-0.39, 0.29) is 30.4 Å². The Kier molecular flexibility index (Phi) is 4.60. The van der Waals surface area contributed by atoms with Gasteiger partial charge >= 0.3 is 5.69 Å². The highest BCUT2D eigenvalue weighted by atomic mass is 19.1. The molecule has 0 bridgehead atoms. The molecule has 1 heterocycles. The number of rotatable bonds is 6. The molecular formula is C17H16FN3O3. The Balaban J connectivity index is 1.48. The third-order valence-corrected chi connectivity index (χ3v) is 3.44. The summed E-state index contributed by atoms with van der Waals surface area (Å²) in [5, 5.41) is 2.75. The van der Waals surface area contributed by atoms with Crippen LogP contribution in [0.15, 0.2) is 47.3 Å². The van der Waals surface area contributed by atoms with E-state index in [0.717, 1.165) is 0 Å². The molecule has 1 amide bonds. The van der Waals surface area contributed by atoms with Crippen molar-refractivity contribution >= 4 is 22.6 Å². The molecule has 0 saturated carbocycles. The van der Waals surface area contributed by atoms with E-state index in [1.165, 1.54) is 6.07 Å². The topological polar surface area (TPSA) is 87.0 Å². The molecule has 0 aliphatic rings. The summed E-state index contributed by atoms with van der Waals surface area (Å²) >= 11 is 0. The number of carbonyl (C=O) groups excluding carboxylic acids is 1. The monoisotopic (exact) mass is 329 g/mol. The number of amides is 1. The van der Waals surface area contributed by atoms with Gasteiger partial charge in [0.2, 0.25) is 5.91 Å². The van der Waals surface area contributed by atoms with Crippen LogP contribution in [0.3, 0.4) is 0 Å². The second-order valence-electron chi connectivity index (χ2n) is 5.27. The van der Waals surface area contributed by atoms with E-state index in [9.17, 15) is 14.0 Å². The first-order valence-electron chi connectivity index (χ1n) is 7.51. The number of hydrogen-bond acceptors (Lipinski definition) is 3. The van der Waals surface area contributed by atoms with Crippen LogP contribution in [0.2, 0.25) is 0 Å². The summed E-state index contributed by atoms with van der Waals surface area (Å²) in [5.74, 6) is -0.417. The number of benzene rings is 2.